The van der Waals surface area contributed by atoms with Gasteiger partial charge >= 0.3 is 0 Å². The van der Waals surface area contributed by atoms with E-state index in [1.54, 1.807) is 0 Å². The van der Waals surface area contributed by atoms with Gasteiger partial charge in [0.05, 0.1) is 23.8 Å². The maximum absolute atomic E-state index is 13.0. The van der Waals surface area contributed by atoms with Crippen molar-refractivity contribution < 1.29 is 28.7 Å². The molecule has 0 spiro atoms. The summed E-state index contributed by atoms with van der Waals surface area (Å²) >= 11 is 6.09. The molecule has 0 saturated carbocycles. The number of thiocarbonyl (C=S) groups is 1. The quantitative estimate of drug-likeness (QED) is 0.400. The Morgan fingerprint density at radius 3 is 2.58 bits per heavy atom. The fraction of sp³-hybridized carbons (Fsp3) is 0.188. The average Bonchev–Trinajstić information content (AvgIpc) is 2.99. The summed E-state index contributed by atoms with van der Waals surface area (Å²) < 4.78 is 13.1. The van der Waals surface area contributed by atoms with Crippen molar-refractivity contribution in [3.63, 3.8) is 0 Å². The fourth-order valence-electron chi connectivity index (χ4n) is 2.62. The largest absolute Gasteiger partial charge is 0.548 e. The Morgan fingerprint density at radius 1 is 1.31 bits per heavy atom. The Balaban J connectivity index is 1.83. The summed E-state index contributed by atoms with van der Waals surface area (Å²) in [6.45, 7) is -0.867. The van der Waals surface area contributed by atoms with Gasteiger partial charge in [0.2, 0.25) is 5.91 Å². The highest BCUT2D eigenvalue weighted by molar-refractivity contribution is 8.26. The van der Waals surface area contributed by atoms with Crippen molar-refractivity contribution in [3.05, 3.63) is 40.6 Å². The van der Waals surface area contributed by atoms with Gasteiger partial charge in [-0.2, -0.15) is 0 Å². The van der Waals surface area contributed by atoms with E-state index in [4.69, 9.17) is 12.2 Å². The Bertz CT molecular complexity index is 868. The van der Waals surface area contributed by atoms with Crippen LogP contribution in [0.2, 0.25) is 0 Å². The molecule has 26 heavy (non-hydrogen) atoms. The Morgan fingerprint density at radius 2 is 1.96 bits per heavy atom. The van der Waals surface area contributed by atoms with Gasteiger partial charge < -0.3 is 9.90 Å². The smallest absolute Gasteiger partial charge is 0.266 e. The first-order chi connectivity index (χ1) is 12.3. The molecule has 0 radical (unpaired) electrons. The molecular weight excluding hydrogens is 383 g/mol. The van der Waals surface area contributed by atoms with Crippen LogP contribution in [0.25, 0.3) is 6.08 Å². The number of carbonyl (C=O) groups is 4. The van der Waals surface area contributed by atoms with Gasteiger partial charge in [0.1, 0.15) is 16.2 Å². The number of carboxylic acid groups (broad SMARTS) is 1. The van der Waals surface area contributed by atoms with Crippen LogP contribution >= 0.6 is 24.0 Å². The number of carboxylic acids is 1. The van der Waals surface area contributed by atoms with E-state index in [9.17, 15) is 28.7 Å². The minimum atomic E-state index is -1.58. The van der Waals surface area contributed by atoms with Crippen LogP contribution < -0.4 is 5.11 Å². The normalized spacial score (nSPS) is 22.0. The van der Waals surface area contributed by atoms with Gasteiger partial charge in [0, 0.05) is 0 Å². The second-order valence-corrected chi connectivity index (χ2v) is 7.19. The number of benzene rings is 1. The zero-order valence-corrected chi connectivity index (χ0v) is 14.6. The molecule has 2 aliphatic heterocycles. The van der Waals surface area contributed by atoms with Crippen molar-refractivity contribution in [1.82, 2.24) is 9.80 Å². The number of thioether (sulfide) groups is 1. The molecule has 0 unspecified atom stereocenters. The van der Waals surface area contributed by atoms with Gasteiger partial charge in [-0.25, -0.2) is 4.39 Å². The summed E-state index contributed by atoms with van der Waals surface area (Å²) in [6.07, 6.45) is 1.15. The molecule has 3 amide bonds. The number of carbonyl (C=O) groups excluding carboxylic acids is 4. The van der Waals surface area contributed by atoms with Gasteiger partial charge in [-0.05, 0) is 23.8 Å². The lowest BCUT2D eigenvalue weighted by atomic mass is 10.2. The first-order valence-electron chi connectivity index (χ1n) is 7.34. The van der Waals surface area contributed by atoms with Gasteiger partial charge in [0.15, 0.2) is 0 Å². The van der Waals surface area contributed by atoms with E-state index < -0.39 is 42.1 Å². The lowest BCUT2D eigenvalue weighted by molar-refractivity contribution is -0.305. The zero-order chi connectivity index (χ0) is 19.0. The molecule has 7 nitrogen and oxygen atoms in total. The van der Waals surface area contributed by atoms with E-state index in [0.29, 0.717) is 10.5 Å². The maximum atomic E-state index is 13.0. The molecule has 2 aliphatic rings. The van der Waals surface area contributed by atoms with Crippen LogP contribution in [0.4, 0.5) is 4.39 Å². The molecule has 2 fully saturated rings. The molecule has 2 heterocycles. The SMILES string of the molecule is O=C([O-])CN1C(=O)C[C@@H](N2C(=O)/C(=C\c3ccc(F)cc3)SC2=S)C1=O. The van der Waals surface area contributed by atoms with Gasteiger partial charge in [-0.15, -0.1) is 0 Å². The average molecular weight is 393 g/mol. The molecule has 0 aromatic heterocycles. The van der Waals surface area contributed by atoms with Crippen LogP contribution in [0.5, 0.6) is 0 Å². The maximum Gasteiger partial charge on any atom is 0.266 e. The Hall–Kier alpha value is -2.59. The number of halogens is 1. The third-order valence-electron chi connectivity index (χ3n) is 3.81. The first-order valence-corrected chi connectivity index (χ1v) is 8.57. The van der Waals surface area contributed by atoms with Crippen molar-refractivity contribution >= 4 is 58.1 Å². The minimum Gasteiger partial charge on any atom is -0.548 e. The van der Waals surface area contributed by atoms with Crippen molar-refractivity contribution in [2.75, 3.05) is 6.54 Å². The molecule has 2 saturated heterocycles. The summed E-state index contributed by atoms with van der Waals surface area (Å²) in [5, 5.41) is 10.7. The van der Waals surface area contributed by atoms with E-state index in [-0.39, 0.29) is 15.6 Å². The highest BCUT2D eigenvalue weighted by atomic mass is 32.2. The summed E-state index contributed by atoms with van der Waals surface area (Å²) in [5.74, 6) is -4.07. The monoisotopic (exact) mass is 393 g/mol. The third kappa shape index (κ3) is 3.37. The molecule has 134 valence electrons. The second kappa shape index (κ2) is 6.96. The number of likely N-dealkylation sites (tertiary alicyclic amines) is 1. The van der Waals surface area contributed by atoms with Crippen LogP contribution in [0, 0.1) is 5.82 Å². The lowest BCUT2D eigenvalue weighted by Gasteiger charge is -2.21. The number of nitrogens with zero attached hydrogens (tertiary/aromatic N) is 2. The molecule has 0 N–H and O–H groups in total. The molecule has 1 aromatic rings. The van der Waals surface area contributed by atoms with Crippen LogP contribution in [-0.4, -0.2) is 50.4 Å². The van der Waals surface area contributed by atoms with E-state index in [1.165, 1.54) is 30.3 Å². The summed E-state index contributed by atoms with van der Waals surface area (Å²) in [4.78, 5) is 49.3. The topological polar surface area (TPSA) is 97.8 Å². The predicted octanol–water partition coefficient (Wildman–Crippen LogP) is -0.0957. The molecule has 1 atom stereocenters. The number of rotatable bonds is 4. The van der Waals surface area contributed by atoms with E-state index in [2.05, 4.69) is 0 Å². The van der Waals surface area contributed by atoms with E-state index in [1.807, 2.05) is 0 Å². The van der Waals surface area contributed by atoms with Gasteiger partial charge in [-0.1, -0.05) is 36.1 Å². The second-order valence-electron chi connectivity index (χ2n) is 5.51. The summed E-state index contributed by atoms with van der Waals surface area (Å²) in [7, 11) is 0. The zero-order valence-electron chi connectivity index (χ0n) is 13.0. The Kier molecular flexibility index (Phi) is 4.88. The van der Waals surface area contributed by atoms with Crippen molar-refractivity contribution in [3.8, 4) is 0 Å². The van der Waals surface area contributed by atoms with Crippen LogP contribution in [0.1, 0.15) is 12.0 Å². The number of hydrogen-bond donors (Lipinski definition) is 0. The van der Waals surface area contributed by atoms with Gasteiger partial charge in [-0.3, -0.25) is 24.2 Å². The molecular formula is C16H10FN2O5S2-. The number of aliphatic carboxylic acids is 1. The number of hydrogen-bond acceptors (Lipinski definition) is 7. The van der Waals surface area contributed by atoms with Crippen molar-refractivity contribution in [2.24, 2.45) is 0 Å². The predicted molar refractivity (Wildman–Crippen MR) is 91.5 cm³/mol. The minimum absolute atomic E-state index is 0.0878. The fourth-order valence-corrected chi connectivity index (χ4v) is 3.98. The number of imide groups is 1. The number of amides is 3. The van der Waals surface area contributed by atoms with Gasteiger partial charge in [0.25, 0.3) is 11.8 Å². The lowest BCUT2D eigenvalue weighted by Crippen LogP contribution is -2.46. The summed E-state index contributed by atoms with van der Waals surface area (Å²) in [5.41, 5.74) is 0.569. The van der Waals surface area contributed by atoms with Crippen LogP contribution in [0.3, 0.4) is 0 Å². The van der Waals surface area contributed by atoms with Crippen molar-refractivity contribution in [2.45, 2.75) is 12.5 Å². The first kappa shape index (κ1) is 18.2. The highest BCUT2D eigenvalue weighted by Crippen LogP contribution is 2.36. The van der Waals surface area contributed by atoms with E-state index in [0.717, 1.165) is 16.7 Å². The van der Waals surface area contributed by atoms with Crippen molar-refractivity contribution in [1.29, 1.82) is 0 Å². The summed E-state index contributed by atoms with van der Waals surface area (Å²) in [6, 6.07) is 4.27. The van der Waals surface area contributed by atoms with Crippen LogP contribution in [0.15, 0.2) is 29.2 Å². The van der Waals surface area contributed by atoms with Crippen LogP contribution in [-0.2, 0) is 19.2 Å². The third-order valence-corrected chi connectivity index (χ3v) is 5.14. The van der Waals surface area contributed by atoms with E-state index >= 15 is 0 Å². The Labute approximate surface area is 156 Å². The molecule has 1 aromatic carbocycles. The highest BCUT2D eigenvalue weighted by Gasteiger charge is 2.48. The molecule has 10 heteroatoms. The molecule has 0 aliphatic carbocycles. The molecule has 0 bridgehead atoms. The standard InChI is InChI=1S/C16H11FN2O5S2/c17-9-3-1-8(2-4-9)5-11-15(24)19(16(25)26-11)10-6-12(20)18(14(10)23)7-13(21)22/h1-5,10H,6-7H2,(H,21,22)/p-1/b11-5+/t10-/m1/s1. The molecule has 3 rings (SSSR count).